The standard InChI is InChI=1S/C19H22N4O5S/c1-3-6-29-19-22-17-16(18(26)23-19)11(8-15(25)21-17)10-4-5-12(13(7-10)27-2)28-9-14(20)24/h4-5,7,11H,3,6,8-9H2,1-2H3,(H2,20,24)(H2,21,22,23,25,26). The zero-order chi connectivity index (χ0) is 21.0. The second-order valence-corrected chi connectivity index (χ2v) is 7.54. The van der Waals surface area contributed by atoms with Crippen LogP contribution in [0.3, 0.4) is 0 Å². The molecule has 1 aliphatic heterocycles. The molecule has 1 unspecified atom stereocenters. The van der Waals surface area contributed by atoms with Crippen LogP contribution in [0.2, 0.25) is 0 Å². The number of nitrogens with two attached hydrogens (primary N) is 1. The second-order valence-electron chi connectivity index (χ2n) is 6.45. The Kier molecular flexibility index (Phi) is 6.42. The van der Waals surface area contributed by atoms with Crippen LogP contribution in [0.4, 0.5) is 5.82 Å². The molecule has 4 N–H and O–H groups in total. The first kappa shape index (κ1) is 20.7. The minimum Gasteiger partial charge on any atom is -0.493 e. The molecule has 2 aromatic rings. The zero-order valence-electron chi connectivity index (χ0n) is 16.1. The molecule has 10 heteroatoms. The number of nitrogens with one attached hydrogen (secondary N) is 2. The van der Waals surface area contributed by atoms with Gasteiger partial charge in [-0.05, 0) is 24.1 Å². The van der Waals surface area contributed by atoms with Crippen LogP contribution in [0.15, 0.2) is 28.2 Å². The van der Waals surface area contributed by atoms with Gasteiger partial charge in [-0.3, -0.25) is 14.4 Å². The summed E-state index contributed by atoms with van der Waals surface area (Å²) < 4.78 is 10.7. The number of thioether (sulfide) groups is 1. The predicted octanol–water partition coefficient (Wildman–Crippen LogP) is 1.62. The van der Waals surface area contributed by atoms with Crippen molar-refractivity contribution in [3.05, 3.63) is 39.7 Å². The van der Waals surface area contributed by atoms with Gasteiger partial charge in [0.05, 0.1) is 12.7 Å². The van der Waals surface area contributed by atoms with Crippen LogP contribution in [0.1, 0.15) is 36.8 Å². The van der Waals surface area contributed by atoms with Crippen LogP contribution in [-0.2, 0) is 9.59 Å². The fraction of sp³-hybridized carbons (Fsp3) is 0.368. The van der Waals surface area contributed by atoms with E-state index >= 15 is 0 Å². The number of H-pyrrole nitrogens is 1. The van der Waals surface area contributed by atoms with Crippen LogP contribution < -0.4 is 26.1 Å². The van der Waals surface area contributed by atoms with Gasteiger partial charge in [0.25, 0.3) is 11.5 Å². The Labute approximate surface area is 171 Å². The highest BCUT2D eigenvalue weighted by Crippen LogP contribution is 2.38. The largest absolute Gasteiger partial charge is 0.493 e. The summed E-state index contributed by atoms with van der Waals surface area (Å²) in [7, 11) is 1.46. The van der Waals surface area contributed by atoms with Crippen molar-refractivity contribution in [2.75, 3.05) is 24.8 Å². The molecule has 0 aliphatic carbocycles. The van der Waals surface area contributed by atoms with Gasteiger partial charge in [0.1, 0.15) is 5.82 Å². The maximum atomic E-state index is 12.8. The third kappa shape index (κ3) is 4.70. The number of anilines is 1. The molecule has 0 saturated carbocycles. The highest BCUT2D eigenvalue weighted by atomic mass is 32.2. The van der Waals surface area contributed by atoms with Crippen molar-refractivity contribution in [3.63, 3.8) is 0 Å². The fourth-order valence-electron chi connectivity index (χ4n) is 3.07. The number of fused-ring (bicyclic) bond motifs is 1. The molecule has 1 atom stereocenters. The number of rotatable bonds is 8. The molecule has 0 bridgehead atoms. The minimum atomic E-state index is -0.608. The van der Waals surface area contributed by atoms with E-state index in [0.717, 1.165) is 12.2 Å². The molecule has 1 aliphatic rings. The van der Waals surface area contributed by atoms with Gasteiger partial charge < -0.3 is 25.5 Å². The van der Waals surface area contributed by atoms with Crippen molar-refractivity contribution in [1.29, 1.82) is 0 Å². The van der Waals surface area contributed by atoms with E-state index in [1.54, 1.807) is 18.2 Å². The molecular weight excluding hydrogens is 396 g/mol. The molecule has 0 fully saturated rings. The summed E-state index contributed by atoms with van der Waals surface area (Å²) in [5.74, 6) is 0.484. The number of aromatic nitrogens is 2. The van der Waals surface area contributed by atoms with Crippen molar-refractivity contribution in [3.8, 4) is 11.5 Å². The number of nitrogens with zero attached hydrogens (tertiary/aromatic N) is 1. The van der Waals surface area contributed by atoms with E-state index in [2.05, 4.69) is 15.3 Å². The Balaban J connectivity index is 1.99. The molecule has 0 saturated heterocycles. The Bertz CT molecular complexity index is 991. The number of hydrogen-bond donors (Lipinski definition) is 3. The molecule has 1 aromatic heterocycles. The third-order valence-electron chi connectivity index (χ3n) is 4.33. The number of carbonyl (C=O) groups excluding carboxylic acids is 2. The van der Waals surface area contributed by atoms with Gasteiger partial charge >= 0.3 is 0 Å². The quantitative estimate of drug-likeness (QED) is 0.438. The summed E-state index contributed by atoms with van der Waals surface area (Å²) in [6.07, 6.45) is 1.04. The summed E-state index contributed by atoms with van der Waals surface area (Å²) in [6.45, 7) is 1.75. The van der Waals surface area contributed by atoms with E-state index in [1.807, 2.05) is 6.92 Å². The van der Waals surface area contributed by atoms with E-state index in [0.29, 0.717) is 27.8 Å². The minimum absolute atomic E-state index is 0.101. The molecule has 0 spiro atoms. The van der Waals surface area contributed by atoms with E-state index in [4.69, 9.17) is 15.2 Å². The number of aromatic amines is 1. The summed E-state index contributed by atoms with van der Waals surface area (Å²) in [6, 6.07) is 5.03. The lowest BCUT2D eigenvalue weighted by Crippen LogP contribution is -2.31. The number of hydrogen-bond acceptors (Lipinski definition) is 7. The van der Waals surface area contributed by atoms with Crippen LogP contribution in [0.5, 0.6) is 11.5 Å². The monoisotopic (exact) mass is 418 g/mol. The first-order chi connectivity index (χ1) is 13.9. The van der Waals surface area contributed by atoms with Crippen LogP contribution in [-0.4, -0.2) is 41.3 Å². The van der Waals surface area contributed by atoms with Crippen molar-refractivity contribution < 1.29 is 19.1 Å². The van der Waals surface area contributed by atoms with Gasteiger partial charge in [-0.15, -0.1) is 0 Å². The zero-order valence-corrected chi connectivity index (χ0v) is 16.9. The second kappa shape index (κ2) is 8.99. The van der Waals surface area contributed by atoms with Crippen LogP contribution in [0, 0.1) is 0 Å². The lowest BCUT2D eigenvalue weighted by Gasteiger charge is -2.25. The highest BCUT2D eigenvalue weighted by Gasteiger charge is 2.31. The maximum Gasteiger partial charge on any atom is 0.257 e. The van der Waals surface area contributed by atoms with Crippen LogP contribution in [0.25, 0.3) is 0 Å². The highest BCUT2D eigenvalue weighted by molar-refractivity contribution is 7.99. The average Bonchev–Trinajstić information content (AvgIpc) is 2.69. The van der Waals surface area contributed by atoms with Crippen molar-refractivity contribution in [2.45, 2.75) is 30.8 Å². The summed E-state index contributed by atoms with van der Waals surface area (Å²) >= 11 is 1.43. The van der Waals surface area contributed by atoms with Crippen LogP contribution >= 0.6 is 11.8 Å². The van der Waals surface area contributed by atoms with E-state index in [9.17, 15) is 14.4 Å². The lowest BCUT2D eigenvalue weighted by atomic mass is 9.86. The molecule has 3 rings (SSSR count). The number of carbonyl (C=O) groups is 2. The molecule has 29 heavy (non-hydrogen) atoms. The fourth-order valence-corrected chi connectivity index (χ4v) is 3.79. The Morgan fingerprint density at radius 3 is 2.83 bits per heavy atom. The van der Waals surface area contributed by atoms with Crippen molar-refractivity contribution in [1.82, 2.24) is 9.97 Å². The number of amides is 2. The van der Waals surface area contributed by atoms with Gasteiger partial charge in [-0.25, -0.2) is 4.98 Å². The molecule has 2 heterocycles. The molecular formula is C19H22N4O5S. The molecule has 0 radical (unpaired) electrons. The maximum absolute atomic E-state index is 12.8. The number of ether oxygens (including phenoxy) is 2. The van der Waals surface area contributed by atoms with Gasteiger partial charge in [0.15, 0.2) is 23.3 Å². The Morgan fingerprint density at radius 2 is 2.14 bits per heavy atom. The summed E-state index contributed by atoms with van der Waals surface area (Å²) in [4.78, 5) is 43.2. The van der Waals surface area contributed by atoms with Crippen molar-refractivity contribution in [2.24, 2.45) is 5.73 Å². The smallest absolute Gasteiger partial charge is 0.257 e. The Hall–Kier alpha value is -3.01. The molecule has 1 aromatic carbocycles. The van der Waals surface area contributed by atoms with E-state index in [1.165, 1.54) is 18.9 Å². The van der Waals surface area contributed by atoms with Gasteiger partial charge in [-0.1, -0.05) is 24.8 Å². The van der Waals surface area contributed by atoms with Crippen molar-refractivity contribution >= 4 is 29.4 Å². The Morgan fingerprint density at radius 1 is 1.34 bits per heavy atom. The van der Waals surface area contributed by atoms with Gasteiger partial charge in [0, 0.05) is 18.1 Å². The molecule has 2 amide bonds. The topological polar surface area (TPSA) is 136 Å². The third-order valence-corrected chi connectivity index (χ3v) is 5.41. The number of benzene rings is 1. The first-order valence-corrected chi connectivity index (χ1v) is 10.1. The number of methoxy groups -OCH3 is 1. The summed E-state index contributed by atoms with van der Waals surface area (Å²) in [5, 5.41) is 3.18. The lowest BCUT2D eigenvalue weighted by molar-refractivity contribution is -0.120. The molecule has 154 valence electrons. The van der Waals surface area contributed by atoms with Gasteiger partial charge in [0.2, 0.25) is 5.91 Å². The average molecular weight is 418 g/mol. The SMILES string of the molecule is CCCSc1nc2c(c(=O)[nH]1)C(c1ccc(OCC(N)=O)c(OC)c1)CC(=O)N2. The first-order valence-electron chi connectivity index (χ1n) is 9.08. The number of primary amides is 1. The normalized spacial score (nSPS) is 15.4. The predicted molar refractivity (Wildman–Crippen MR) is 109 cm³/mol. The van der Waals surface area contributed by atoms with E-state index in [-0.39, 0.29) is 30.3 Å². The van der Waals surface area contributed by atoms with Gasteiger partial charge in [-0.2, -0.15) is 0 Å². The van der Waals surface area contributed by atoms with E-state index < -0.39 is 11.8 Å². The molecule has 9 nitrogen and oxygen atoms in total. The summed E-state index contributed by atoms with van der Waals surface area (Å²) in [5.41, 5.74) is 5.93.